The summed E-state index contributed by atoms with van der Waals surface area (Å²) in [5.74, 6) is -0.481. The van der Waals surface area contributed by atoms with E-state index < -0.39 is 17.6 Å². The fourth-order valence-electron chi connectivity index (χ4n) is 1.89. The number of halogens is 3. The van der Waals surface area contributed by atoms with Gasteiger partial charge in [-0.2, -0.15) is 13.2 Å². The van der Waals surface area contributed by atoms with Crippen LogP contribution in [0.3, 0.4) is 0 Å². The summed E-state index contributed by atoms with van der Waals surface area (Å²) in [5, 5.41) is 2.48. The predicted molar refractivity (Wildman–Crippen MR) is 74.4 cm³/mol. The number of amides is 1. The molecule has 0 bridgehead atoms. The fraction of sp³-hybridized carbons (Fsp3) is 0.500. The minimum atomic E-state index is -4.52. The average Bonchev–Trinajstić information content (AvgIpc) is 2.44. The molecular formula is C14H19F3N2O2. The number of para-hydroxylation sites is 1. The summed E-state index contributed by atoms with van der Waals surface area (Å²) < 4.78 is 44.0. The van der Waals surface area contributed by atoms with Crippen LogP contribution in [0.2, 0.25) is 0 Å². The summed E-state index contributed by atoms with van der Waals surface area (Å²) in [6.07, 6.45) is -4.52. The van der Waals surface area contributed by atoms with Crippen LogP contribution in [-0.4, -0.2) is 44.7 Å². The Labute approximate surface area is 121 Å². The smallest absolute Gasteiger partial charge is 0.387 e. The first-order valence-corrected chi connectivity index (χ1v) is 6.54. The van der Waals surface area contributed by atoms with E-state index in [1.54, 1.807) is 0 Å². The molecule has 1 aromatic carbocycles. The Hall–Kier alpha value is -1.76. The number of rotatable bonds is 6. The molecule has 0 aliphatic heterocycles. The first-order valence-electron chi connectivity index (χ1n) is 6.54. The van der Waals surface area contributed by atoms with Crippen molar-refractivity contribution < 1.29 is 22.7 Å². The molecule has 0 aromatic heterocycles. The second kappa shape index (κ2) is 7.31. The molecule has 7 heteroatoms. The maximum absolute atomic E-state index is 12.9. The van der Waals surface area contributed by atoms with Crippen molar-refractivity contribution in [2.75, 3.05) is 39.2 Å². The quantitative estimate of drug-likeness (QED) is 0.822. The molecule has 0 radical (unpaired) electrons. The summed E-state index contributed by atoms with van der Waals surface area (Å²) in [6.45, 7) is 3.00. The molecular weight excluding hydrogens is 285 g/mol. The van der Waals surface area contributed by atoms with Gasteiger partial charge < -0.3 is 15.0 Å². The highest BCUT2D eigenvalue weighted by molar-refractivity contribution is 6.00. The van der Waals surface area contributed by atoms with Gasteiger partial charge in [0.1, 0.15) is 0 Å². The second-order valence-corrected chi connectivity index (χ2v) is 4.40. The number of hydrogen-bond acceptors (Lipinski definition) is 3. The third-order valence-electron chi connectivity index (χ3n) is 2.97. The van der Waals surface area contributed by atoms with E-state index in [4.69, 9.17) is 4.74 Å². The van der Waals surface area contributed by atoms with Gasteiger partial charge in [0.05, 0.1) is 23.4 Å². The van der Waals surface area contributed by atoms with Crippen LogP contribution in [0.5, 0.6) is 0 Å². The van der Waals surface area contributed by atoms with Crippen molar-refractivity contribution in [3.63, 3.8) is 0 Å². The highest BCUT2D eigenvalue weighted by atomic mass is 19.4. The van der Waals surface area contributed by atoms with E-state index in [0.29, 0.717) is 19.8 Å². The van der Waals surface area contributed by atoms with Crippen molar-refractivity contribution in [3.05, 3.63) is 29.3 Å². The van der Waals surface area contributed by atoms with Crippen LogP contribution < -0.4 is 5.32 Å². The lowest BCUT2D eigenvalue weighted by atomic mass is 10.1. The molecule has 0 aliphatic carbocycles. The van der Waals surface area contributed by atoms with Crippen LogP contribution in [0.15, 0.2) is 18.2 Å². The van der Waals surface area contributed by atoms with Crippen molar-refractivity contribution in [3.8, 4) is 0 Å². The lowest BCUT2D eigenvalue weighted by Gasteiger charge is -2.21. The standard InChI is InChI=1S/C14H19F3N2O2/c1-4-21-9-8-19(3)13(20)10-6-5-7-11(12(10)18-2)14(15,16)17/h5-7,18H,4,8-9H2,1-3H3. The Kier molecular flexibility index (Phi) is 6.02. The van der Waals surface area contributed by atoms with Crippen LogP contribution in [0.1, 0.15) is 22.8 Å². The average molecular weight is 304 g/mol. The van der Waals surface area contributed by atoms with Crippen molar-refractivity contribution >= 4 is 11.6 Å². The van der Waals surface area contributed by atoms with Crippen LogP contribution >= 0.6 is 0 Å². The lowest BCUT2D eigenvalue weighted by molar-refractivity contribution is -0.136. The molecule has 1 aromatic rings. The van der Waals surface area contributed by atoms with E-state index >= 15 is 0 Å². The molecule has 0 saturated heterocycles. The van der Waals surface area contributed by atoms with Crippen molar-refractivity contribution in [2.24, 2.45) is 0 Å². The van der Waals surface area contributed by atoms with Gasteiger partial charge in [-0.15, -0.1) is 0 Å². The minimum absolute atomic E-state index is 0.00803. The van der Waals surface area contributed by atoms with Gasteiger partial charge in [-0.3, -0.25) is 4.79 Å². The monoisotopic (exact) mass is 304 g/mol. The van der Waals surface area contributed by atoms with E-state index in [0.717, 1.165) is 6.07 Å². The first kappa shape index (κ1) is 17.3. The molecule has 0 saturated carbocycles. The minimum Gasteiger partial charge on any atom is -0.387 e. The molecule has 118 valence electrons. The van der Waals surface area contributed by atoms with E-state index in [-0.39, 0.29) is 11.3 Å². The van der Waals surface area contributed by atoms with Gasteiger partial charge >= 0.3 is 6.18 Å². The molecule has 4 nitrogen and oxygen atoms in total. The number of likely N-dealkylation sites (N-methyl/N-ethyl adjacent to an activating group) is 1. The van der Waals surface area contributed by atoms with Crippen LogP contribution in [0.25, 0.3) is 0 Å². The van der Waals surface area contributed by atoms with Crippen LogP contribution in [0, 0.1) is 0 Å². The molecule has 0 heterocycles. The number of nitrogens with zero attached hydrogens (tertiary/aromatic N) is 1. The number of ether oxygens (including phenoxy) is 1. The number of benzene rings is 1. The molecule has 21 heavy (non-hydrogen) atoms. The fourth-order valence-corrected chi connectivity index (χ4v) is 1.89. The molecule has 0 spiro atoms. The number of hydrogen-bond donors (Lipinski definition) is 1. The Bertz CT molecular complexity index is 490. The van der Waals surface area contributed by atoms with Crippen LogP contribution in [-0.2, 0) is 10.9 Å². The summed E-state index contributed by atoms with van der Waals surface area (Å²) in [4.78, 5) is 13.6. The zero-order chi connectivity index (χ0) is 16.0. The molecule has 0 unspecified atom stereocenters. The predicted octanol–water partition coefficient (Wildman–Crippen LogP) is 2.86. The summed E-state index contributed by atoms with van der Waals surface area (Å²) in [7, 11) is 2.89. The number of alkyl halides is 3. The Balaban J connectivity index is 3.04. The maximum atomic E-state index is 12.9. The number of nitrogens with one attached hydrogen (secondary N) is 1. The molecule has 0 aliphatic rings. The normalized spacial score (nSPS) is 11.3. The summed E-state index contributed by atoms with van der Waals surface area (Å²) in [6, 6.07) is 3.55. The van der Waals surface area contributed by atoms with Gasteiger partial charge in [0.25, 0.3) is 5.91 Å². The Morgan fingerprint density at radius 1 is 1.38 bits per heavy atom. The molecule has 0 atom stereocenters. The molecule has 1 rings (SSSR count). The lowest BCUT2D eigenvalue weighted by Crippen LogP contribution is -2.31. The Morgan fingerprint density at radius 3 is 2.57 bits per heavy atom. The number of anilines is 1. The second-order valence-electron chi connectivity index (χ2n) is 4.40. The van der Waals surface area contributed by atoms with Gasteiger partial charge in [0.15, 0.2) is 0 Å². The molecule has 0 fully saturated rings. The molecule has 1 amide bonds. The zero-order valence-corrected chi connectivity index (χ0v) is 12.3. The van der Waals surface area contributed by atoms with Crippen molar-refractivity contribution in [1.29, 1.82) is 0 Å². The number of carbonyl (C=O) groups excluding carboxylic acids is 1. The van der Waals surface area contributed by atoms with Crippen molar-refractivity contribution in [1.82, 2.24) is 4.90 Å². The van der Waals surface area contributed by atoms with Gasteiger partial charge in [0, 0.05) is 27.2 Å². The highest BCUT2D eigenvalue weighted by Gasteiger charge is 2.35. The van der Waals surface area contributed by atoms with Gasteiger partial charge in [-0.1, -0.05) is 6.07 Å². The van der Waals surface area contributed by atoms with Gasteiger partial charge in [0.2, 0.25) is 0 Å². The third-order valence-corrected chi connectivity index (χ3v) is 2.97. The Morgan fingerprint density at radius 2 is 2.05 bits per heavy atom. The van der Waals surface area contributed by atoms with E-state index in [1.165, 1.54) is 31.1 Å². The zero-order valence-electron chi connectivity index (χ0n) is 12.3. The highest BCUT2D eigenvalue weighted by Crippen LogP contribution is 2.36. The van der Waals surface area contributed by atoms with E-state index in [9.17, 15) is 18.0 Å². The third kappa shape index (κ3) is 4.35. The van der Waals surface area contributed by atoms with Crippen LogP contribution in [0.4, 0.5) is 18.9 Å². The SMILES string of the molecule is CCOCCN(C)C(=O)c1cccc(C(F)(F)F)c1NC. The number of carbonyl (C=O) groups is 1. The topological polar surface area (TPSA) is 41.6 Å². The summed E-state index contributed by atoms with van der Waals surface area (Å²) in [5.41, 5.74) is -1.07. The van der Waals surface area contributed by atoms with Gasteiger partial charge in [-0.25, -0.2) is 0 Å². The molecule has 1 N–H and O–H groups in total. The van der Waals surface area contributed by atoms with E-state index in [2.05, 4.69) is 5.32 Å². The first-order chi connectivity index (χ1) is 9.82. The summed E-state index contributed by atoms with van der Waals surface area (Å²) >= 11 is 0. The largest absolute Gasteiger partial charge is 0.418 e. The van der Waals surface area contributed by atoms with E-state index in [1.807, 2.05) is 6.92 Å². The maximum Gasteiger partial charge on any atom is 0.418 e. The van der Waals surface area contributed by atoms with Gasteiger partial charge in [-0.05, 0) is 19.1 Å². The van der Waals surface area contributed by atoms with Crippen molar-refractivity contribution in [2.45, 2.75) is 13.1 Å².